The number of pyridine rings is 2. The number of aliphatic hydroxyl groups is 1. The number of rotatable bonds is 26. The van der Waals surface area contributed by atoms with Crippen molar-refractivity contribution in [3.8, 4) is 0 Å². The number of hydrogen-bond donors (Lipinski definition) is 8. The van der Waals surface area contributed by atoms with Crippen molar-refractivity contribution >= 4 is 187 Å². The fourth-order valence-corrected chi connectivity index (χ4v) is 12.6. The van der Waals surface area contributed by atoms with Gasteiger partial charge in [0.25, 0.3) is 29.1 Å². The predicted molar refractivity (Wildman–Crippen MR) is 501 cm³/mol. The second kappa shape index (κ2) is 48.3. The molecule has 0 radical (unpaired) electrons. The summed E-state index contributed by atoms with van der Waals surface area (Å²) in [5.74, 6) is -7.97. The van der Waals surface area contributed by atoms with Crippen molar-refractivity contribution in [3.05, 3.63) is 174 Å². The van der Waals surface area contributed by atoms with Crippen LogP contribution in [0.3, 0.4) is 0 Å². The number of nitro benzene ring substituents is 2. The van der Waals surface area contributed by atoms with Gasteiger partial charge in [-0.2, -0.15) is 0 Å². The monoisotopic (exact) mass is 1970 g/mol. The Morgan fingerprint density at radius 2 is 0.902 bits per heavy atom. The lowest BCUT2D eigenvalue weighted by atomic mass is 9.88. The van der Waals surface area contributed by atoms with Gasteiger partial charge in [-0.15, -0.1) is 0 Å². The maximum atomic E-state index is 13.4. The third-order valence-corrected chi connectivity index (χ3v) is 20.3. The molecule has 2 saturated heterocycles. The molecular weight excluding hydrogens is 1860 g/mol. The first-order valence-corrected chi connectivity index (χ1v) is 44.3. The molecule has 4 heterocycles. The molecule has 8 atom stereocenters. The largest absolute Gasteiger partial charge is 0.481 e. The second-order valence-electron chi connectivity index (χ2n) is 36.0. The van der Waals surface area contributed by atoms with Crippen LogP contribution in [0.25, 0.3) is 34.0 Å². The molecular formula is C91H116Cl6N12O24. The zero-order chi connectivity index (χ0) is 101. The molecule has 2 fully saturated rings. The molecule has 42 heteroatoms. The first kappa shape index (κ1) is 113. The molecule has 133 heavy (non-hydrogen) atoms. The van der Waals surface area contributed by atoms with Gasteiger partial charge in [-0.3, -0.25) is 78.6 Å². The predicted octanol–water partition coefficient (Wildman–Crippen LogP) is 15.7. The number of nitrogens with zero attached hydrogens (tertiary/aromatic N) is 6. The number of benzene rings is 4. The molecule has 0 spiro atoms. The summed E-state index contributed by atoms with van der Waals surface area (Å²) in [5, 5.41) is 56.4. The average Bonchev–Trinajstić information content (AvgIpc) is 1.24. The minimum atomic E-state index is -1.77. The van der Waals surface area contributed by atoms with Gasteiger partial charge in [0.15, 0.2) is 6.10 Å². The van der Waals surface area contributed by atoms with Gasteiger partial charge in [0.05, 0.1) is 55.2 Å². The highest BCUT2D eigenvalue weighted by atomic mass is 35.6. The third-order valence-electron chi connectivity index (χ3n) is 19.6. The van der Waals surface area contributed by atoms with Crippen molar-refractivity contribution in [2.45, 2.75) is 238 Å². The van der Waals surface area contributed by atoms with E-state index in [0.29, 0.717) is 49.1 Å². The smallest absolute Gasteiger partial charge is 0.408 e. The van der Waals surface area contributed by atoms with Crippen LogP contribution in [0.5, 0.6) is 0 Å². The van der Waals surface area contributed by atoms with E-state index in [0.717, 1.165) is 39.5 Å². The highest BCUT2D eigenvalue weighted by Crippen LogP contribution is 2.33. The number of aryl methyl sites for hydroxylation is 2. The van der Waals surface area contributed by atoms with Crippen molar-refractivity contribution < 1.29 is 106 Å². The van der Waals surface area contributed by atoms with Crippen molar-refractivity contribution in [2.24, 2.45) is 22.2 Å². The number of nitro groups is 2. The maximum Gasteiger partial charge on any atom is 0.408 e. The lowest BCUT2D eigenvalue weighted by Crippen LogP contribution is -2.60. The first-order chi connectivity index (χ1) is 61.3. The van der Waals surface area contributed by atoms with Crippen molar-refractivity contribution in [1.82, 2.24) is 52.1 Å². The van der Waals surface area contributed by atoms with Crippen LogP contribution in [0.15, 0.2) is 109 Å². The molecule has 0 aliphatic carbocycles. The number of carbonyl (C=O) groups is 12. The fraction of sp³-hybridized carbons (Fsp3) is 0.495. The number of aliphatic hydroxyl groups excluding tert-OH is 1. The molecule has 2 aliphatic heterocycles. The van der Waals surface area contributed by atoms with Crippen LogP contribution in [-0.4, -0.2) is 193 Å². The van der Waals surface area contributed by atoms with E-state index in [1.54, 1.807) is 107 Å². The van der Waals surface area contributed by atoms with Gasteiger partial charge in [0.2, 0.25) is 13.5 Å². The Balaban J connectivity index is 0.000000333. The summed E-state index contributed by atoms with van der Waals surface area (Å²) in [6, 6.07) is 22.6. The highest BCUT2D eigenvalue weighted by molar-refractivity contribution is 6.68. The Kier molecular flexibility index (Phi) is 40.9. The molecule has 726 valence electrons. The quantitative estimate of drug-likeness (QED) is 0.00624. The molecule has 2 aliphatic rings. The van der Waals surface area contributed by atoms with Crippen LogP contribution in [0.4, 0.5) is 21.0 Å². The number of amides is 6. The summed E-state index contributed by atoms with van der Waals surface area (Å²) in [4.78, 5) is 179. The summed E-state index contributed by atoms with van der Waals surface area (Å²) < 4.78 is 27.5. The fourth-order valence-electron chi connectivity index (χ4n) is 12.2. The molecule has 6 amide bonds. The van der Waals surface area contributed by atoms with Gasteiger partial charge in [-0.1, -0.05) is 189 Å². The zero-order valence-electron chi connectivity index (χ0n) is 77.7. The molecule has 36 nitrogen and oxygen atoms in total. The normalized spacial score (nSPS) is 15.8. The first-order valence-electron chi connectivity index (χ1n) is 42.1. The van der Waals surface area contributed by atoms with E-state index < -0.39 is 189 Å². The Morgan fingerprint density at radius 1 is 0.534 bits per heavy atom. The Labute approximate surface area is 800 Å². The molecule has 6 aromatic rings. The van der Waals surface area contributed by atoms with Crippen LogP contribution in [0.2, 0.25) is 0 Å². The number of carboxylic acids is 1. The van der Waals surface area contributed by atoms with E-state index in [9.17, 15) is 88.0 Å². The Hall–Kier alpha value is -11.0. The minimum Gasteiger partial charge on any atom is -0.481 e. The molecule has 0 bridgehead atoms. The lowest BCUT2D eigenvalue weighted by molar-refractivity contribution is -0.385. The SMILES string of the molecule is CC(C)[C@H](OC(=O)C(C)(C)/C=C/c1ccc2ccc([C@@H](C)NC(=O)OC(C)(C)C)nc2c1)C(=O)N[C@@H](C)C(=O)N1CCC[C@@H](C(=O)OCC(Cl)(Cl)Cl)N1.C[C@@H](NC(=O)OC(C)(C)C)c1ccc2ccc(/C=C/C(C)(C)C(=O)O)cc2n1.C[C@H](NC(=O)[C@@H](O)C(C)(C)C)C(=O)N1CCC[C@@H](C(=O)OCC(Cl)(Cl)Cl)N1.Cc1cccc([N+](=O)[O-])c1C(=O)OC(=O)c1c(C)cccc1[N+](=O)[O-]. The summed E-state index contributed by atoms with van der Waals surface area (Å²) in [5.41, 5.74) is 4.80. The van der Waals surface area contributed by atoms with E-state index in [-0.39, 0.29) is 34.8 Å². The van der Waals surface area contributed by atoms with Crippen molar-refractivity contribution in [1.29, 1.82) is 0 Å². The number of aliphatic carboxylic acids is 1. The van der Waals surface area contributed by atoms with E-state index in [4.69, 9.17) is 98.3 Å². The number of ether oxygens (including phenoxy) is 6. The number of hydrazine groups is 2. The van der Waals surface area contributed by atoms with Crippen LogP contribution in [0.1, 0.15) is 224 Å². The lowest BCUT2D eigenvalue weighted by Gasteiger charge is -2.35. The van der Waals surface area contributed by atoms with Crippen LogP contribution >= 0.6 is 69.6 Å². The molecule has 4 aromatic carbocycles. The number of aromatic nitrogens is 2. The standard InChI is InChI=1S/C37H50Cl3N5O8.C22H28N2O4.C16H26Cl3N3O5.C16H12N2O7/c1-21(2)29(30(46)41-23(4)31(47)45-18-10-11-27(44-45)32(48)51-20-37(38,39)40)52-33(49)36(8,9)17-16-24-12-13-25-14-15-26(43-28(25)19-24)22(3)42-34(50)53-35(5,6)7;1-14(23-20(27)28-21(2,3)4)17-10-9-16-8-7-15(13-18(16)24-17)11-12-22(5,6)19(25)26;1-9(20-12(24)11(23)15(2,3)4)13(25)22-7-5-6-10(21-22)14(26)27-8-16(17,18)19;1-9-5-3-7-11(17(21)22)13(9)15(19)25-16(20)14-10(2)6-4-8-12(14)18(23)24/h12-17,19,21-23,27,29,44H,10-11,18,20H2,1-9H3,(H,41,46)(H,42,50);7-14H,1-6H3,(H,23,27)(H,25,26);9-11,21,23H,5-8H2,1-4H3,(H,20,24);3-8H,1-2H3/b17-16+;12-11+;;/t22-,23+,27+,29+;14-;9-,10-,11+;/m110./s1. The second-order valence-corrected chi connectivity index (χ2v) is 41.1. The maximum absolute atomic E-state index is 13.4. The van der Waals surface area contributed by atoms with E-state index >= 15 is 0 Å². The Morgan fingerprint density at radius 3 is 1.25 bits per heavy atom. The highest BCUT2D eigenvalue weighted by Gasteiger charge is 2.40. The number of halogens is 6. The summed E-state index contributed by atoms with van der Waals surface area (Å²) >= 11 is 33.6. The molecule has 0 saturated carbocycles. The number of carbonyl (C=O) groups excluding carboxylic acids is 11. The molecule has 2 aromatic heterocycles. The number of esters is 5. The summed E-state index contributed by atoms with van der Waals surface area (Å²) in [7, 11) is 0. The summed E-state index contributed by atoms with van der Waals surface area (Å²) in [6.07, 6.45) is 5.31. The van der Waals surface area contributed by atoms with Crippen LogP contribution < -0.4 is 32.1 Å². The minimum absolute atomic E-state index is 0.242. The zero-order valence-corrected chi connectivity index (χ0v) is 82.3. The number of carboxylic acid groups (broad SMARTS) is 1. The van der Waals surface area contributed by atoms with E-state index in [1.165, 1.54) is 62.0 Å². The number of alkyl carbamates (subject to hydrolysis) is 2. The topological polar surface area (TPSA) is 491 Å². The van der Waals surface area contributed by atoms with Gasteiger partial charge in [-0.25, -0.2) is 30.0 Å². The van der Waals surface area contributed by atoms with Gasteiger partial charge in [0.1, 0.15) is 65.8 Å². The van der Waals surface area contributed by atoms with Crippen molar-refractivity contribution in [2.75, 3.05) is 26.3 Å². The van der Waals surface area contributed by atoms with Gasteiger partial charge >= 0.3 is 48.0 Å². The van der Waals surface area contributed by atoms with Crippen LogP contribution in [0, 0.1) is 56.2 Å². The average molecular weight is 1970 g/mol. The van der Waals surface area contributed by atoms with Gasteiger partial charge in [-0.05, 0) is 194 Å². The van der Waals surface area contributed by atoms with Crippen LogP contribution in [-0.2, 0) is 66.8 Å². The summed E-state index contributed by atoms with van der Waals surface area (Å²) in [6.45, 7) is 35.4. The third kappa shape index (κ3) is 36.4. The Bertz CT molecular complexity index is 5240. The van der Waals surface area contributed by atoms with Gasteiger partial charge in [0, 0.05) is 36.0 Å². The number of nitrogens with one attached hydrogen (secondary N) is 6. The molecule has 8 rings (SSSR count). The van der Waals surface area contributed by atoms with E-state index in [1.807, 2.05) is 95.3 Å². The van der Waals surface area contributed by atoms with Crippen molar-refractivity contribution in [3.63, 3.8) is 0 Å². The molecule has 8 N–H and O–H groups in total. The number of hydrogen-bond acceptors (Lipinski definition) is 27. The molecule has 0 unspecified atom stereocenters. The number of fused-ring (bicyclic) bond motifs is 2. The van der Waals surface area contributed by atoms with Gasteiger partial charge < -0.3 is 59.9 Å². The number of alkyl halides is 6. The van der Waals surface area contributed by atoms with E-state index in [2.05, 4.69) is 41.8 Å².